The van der Waals surface area contributed by atoms with Crippen LogP contribution >= 0.6 is 0 Å². The summed E-state index contributed by atoms with van der Waals surface area (Å²) in [5, 5.41) is 27.9. The van der Waals surface area contributed by atoms with Crippen LogP contribution in [0.1, 0.15) is 57.3 Å². The van der Waals surface area contributed by atoms with Crippen molar-refractivity contribution in [1.29, 1.82) is 0 Å². The maximum Gasteiger partial charge on any atom is 0.280 e. The van der Waals surface area contributed by atoms with Crippen molar-refractivity contribution in [2.45, 2.75) is 31.1 Å². The molecule has 1 amide bonds. The van der Waals surface area contributed by atoms with Gasteiger partial charge in [-0.1, -0.05) is 62.4 Å². The molecule has 1 aliphatic heterocycles. The Morgan fingerprint density at radius 2 is 1.86 bits per heavy atom. The first-order chi connectivity index (χ1) is 17.7. The van der Waals surface area contributed by atoms with E-state index in [1.54, 1.807) is 36.4 Å². The summed E-state index contributed by atoms with van der Waals surface area (Å²) in [5.74, 6) is -3.64. The Balaban J connectivity index is 1.59. The van der Waals surface area contributed by atoms with Gasteiger partial charge in [0.25, 0.3) is 17.4 Å². The zero-order chi connectivity index (χ0) is 26.1. The van der Waals surface area contributed by atoms with Gasteiger partial charge < -0.3 is 15.2 Å². The molecule has 37 heavy (non-hydrogen) atoms. The van der Waals surface area contributed by atoms with Gasteiger partial charge in [-0.05, 0) is 29.0 Å². The number of nitro groups is 1. The molecule has 3 aromatic carbocycles. The summed E-state index contributed by atoms with van der Waals surface area (Å²) in [6.07, 6.45) is 1.48. The number of carbonyl (C=O) groups is 2. The van der Waals surface area contributed by atoms with E-state index < -0.39 is 33.6 Å². The second-order valence-electron chi connectivity index (χ2n) is 9.53. The van der Waals surface area contributed by atoms with Crippen LogP contribution in [-0.2, 0) is 11.3 Å². The molecule has 1 aliphatic carbocycles. The lowest BCUT2D eigenvalue weighted by Gasteiger charge is -2.34. The third-order valence-corrected chi connectivity index (χ3v) is 7.20. The van der Waals surface area contributed by atoms with Gasteiger partial charge in [0.15, 0.2) is 0 Å². The average molecular weight is 495 g/mol. The molecule has 0 fully saturated rings. The molecular formula is C28H21N3O6. The van der Waals surface area contributed by atoms with Gasteiger partial charge in [-0.3, -0.25) is 24.7 Å². The summed E-state index contributed by atoms with van der Waals surface area (Å²) < 4.78 is 6.05. The summed E-state index contributed by atoms with van der Waals surface area (Å²) in [7, 11) is 0. The Labute approximate surface area is 210 Å². The SMILES string of the molecule is CC(C)c1ccc2c(c1)OC1(O)c3cccc([N+](=O)[O-])c3C(=O)C21NC(=O)c1nccc2ccccc12. The van der Waals surface area contributed by atoms with Crippen LogP contribution in [0.3, 0.4) is 0 Å². The van der Waals surface area contributed by atoms with E-state index >= 15 is 0 Å². The van der Waals surface area contributed by atoms with Crippen LogP contribution < -0.4 is 10.1 Å². The van der Waals surface area contributed by atoms with Crippen LogP contribution in [0.15, 0.2) is 72.9 Å². The number of hydrogen-bond donors (Lipinski definition) is 2. The molecule has 2 unspecified atom stereocenters. The van der Waals surface area contributed by atoms with E-state index in [-0.39, 0.29) is 34.1 Å². The van der Waals surface area contributed by atoms with Gasteiger partial charge >= 0.3 is 0 Å². The van der Waals surface area contributed by atoms with Crippen LogP contribution in [0.5, 0.6) is 5.75 Å². The predicted octanol–water partition coefficient (Wildman–Crippen LogP) is 4.33. The minimum Gasteiger partial charge on any atom is -0.454 e. The second kappa shape index (κ2) is 7.68. The number of nitro benzene ring substituents is 1. The highest BCUT2D eigenvalue weighted by Gasteiger charge is 2.73. The third-order valence-electron chi connectivity index (χ3n) is 7.20. The van der Waals surface area contributed by atoms with Crippen molar-refractivity contribution < 1.29 is 24.4 Å². The standard InChI is InChI=1S/C28H21N3O6/c1-15(2)17-10-11-19-22(14-17)37-28(34)20-8-5-9-21(31(35)36)23(20)25(32)27(19,28)30-26(33)24-18-7-4-3-6-16(18)12-13-29-24/h3-15,34H,1-2H3,(H,30,33). The molecule has 2 aliphatic rings. The van der Waals surface area contributed by atoms with Crippen molar-refractivity contribution in [3.05, 3.63) is 111 Å². The topological polar surface area (TPSA) is 132 Å². The smallest absolute Gasteiger partial charge is 0.280 e. The number of aromatic nitrogens is 1. The molecule has 2 heterocycles. The van der Waals surface area contributed by atoms with Crippen molar-refractivity contribution >= 4 is 28.2 Å². The first kappa shape index (κ1) is 22.8. The number of fused-ring (bicyclic) bond motifs is 6. The highest BCUT2D eigenvalue weighted by Crippen LogP contribution is 2.59. The molecule has 1 aromatic heterocycles. The second-order valence-corrected chi connectivity index (χ2v) is 9.53. The summed E-state index contributed by atoms with van der Waals surface area (Å²) >= 11 is 0. The van der Waals surface area contributed by atoms with E-state index in [4.69, 9.17) is 4.74 Å². The van der Waals surface area contributed by atoms with Crippen molar-refractivity contribution in [2.24, 2.45) is 0 Å². The number of pyridine rings is 1. The van der Waals surface area contributed by atoms with Gasteiger partial charge in [0, 0.05) is 28.8 Å². The Kier molecular flexibility index (Phi) is 4.74. The number of aliphatic hydroxyl groups is 1. The van der Waals surface area contributed by atoms with Crippen LogP contribution in [0.25, 0.3) is 10.8 Å². The molecule has 9 nitrogen and oxygen atoms in total. The van der Waals surface area contributed by atoms with Gasteiger partial charge in [0.1, 0.15) is 17.0 Å². The average Bonchev–Trinajstić information content (AvgIpc) is 3.25. The Hall–Kier alpha value is -4.63. The summed E-state index contributed by atoms with van der Waals surface area (Å²) in [6.45, 7) is 3.97. The molecular weight excluding hydrogens is 474 g/mol. The number of rotatable bonds is 4. The quantitative estimate of drug-likeness (QED) is 0.318. The Bertz CT molecular complexity index is 1660. The van der Waals surface area contributed by atoms with E-state index in [0.29, 0.717) is 5.39 Å². The fourth-order valence-corrected chi connectivity index (χ4v) is 5.38. The van der Waals surface area contributed by atoms with E-state index in [2.05, 4.69) is 10.3 Å². The van der Waals surface area contributed by atoms with Crippen molar-refractivity contribution in [3.8, 4) is 5.75 Å². The summed E-state index contributed by atoms with van der Waals surface area (Å²) in [4.78, 5) is 43.3. The molecule has 0 saturated heterocycles. The van der Waals surface area contributed by atoms with Gasteiger partial charge in [-0.25, -0.2) is 0 Å². The highest BCUT2D eigenvalue weighted by atomic mass is 16.6. The van der Waals surface area contributed by atoms with Gasteiger partial charge in [-0.15, -0.1) is 0 Å². The van der Waals surface area contributed by atoms with Gasteiger partial charge in [-0.2, -0.15) is 0 Å². The molecule has 0 spiro atoms. The number of nitrogens with one attached hydrogen (secondary N) is 1. The number of carbonyl (C=O) groups excluding carboxylic acids is 2. The van der Waals surface area contributed by atoms with Crippen molar-refractivity contribution in [1.82, 2.24) is 10.3 Å². The fourth-order valence-electron chi connectivity index (χ4n) is 5.38. The molecule has 0 bridgehead atoms. The highest BCUT2D eigenvalue weighted by molar-refractivity contribution is 6.16. The number of Topliss-reactive ketones (excluding diaryl/α,β-unsaturated/α-hetero) is 1. The van der Waals surface area contributed by atoms with Crippen molar-refractivity contribution in [3.63, 3.8) is 0 Å². The van der Waals surface area contributed by atoms with E-state index in [1.807, 2.05) is 26.0 Å². The Morgan fingerprint density at radius 1 is 1.08 bits per heavy atom. The van der Waals surface area contributed by atoms with E-state index in [1.165, 1.54) is 24.4 Å². The van der Waals surface area contributed by atoms with Crippen LogP contribution in [0.2, 0.25) is 0 Å². The van der Waals surface area contributed by atoms with Crippen molar-refractivity contribution in [2.75, 3.05) is 0 Å². The summed E-state index contributed by atoms with van der Waals surface area (Å²) in [6, 6.07) is 18.0. The molecule has 184 valence electrons. The molecule has 2 atom stereocenters. The number of benzene rings is 3. The lowest BCUT2D eigenvalue weighted by molar-refractivity contribution is -0.385. The van der Waals surface area contributed by atoms with Gasteiger partial charge in [0.2, 0.25) is 11.3 Å². The third kappa shape index (κ3) is 2.91. The fraction of sp³-hybridized carbons (Fsp3) is 0.179. The maximum absolute atomic E-state index is 14.2. The first-order valence-corrected chi connectivity index (χ1v) is 11.7. The largest absolute Gasteiger partial charge is 0.454 e. The zero-order valence-electron chi connectivity index (χ0n) is 19.9. The number of ether oxygens (including phenoxy) is 1. The van der Waals surface area contributed by atoms with E-state index in [0.717, 1.165) is 10.9 Å². The van der Waals surface area contributed by atoms with E-state index in [9.17, 15) is 24.8 Å². The molecule has 6 rings (SSSR count). The summed E-state index contributed by atoms with van der Waals surface area (Å²) in [5.41, 5.74) is -1.89. The molecule has 2 N–H and O–H groups in total. The van der Waals surface area contributed by atoms with Crippen LogP contribution in [-0.4, -0.2) is 26.7 Å². The predicted molar refractivity (Wildman–Crippen MR) is 133 cm³/mol. The lowest BCUT2D eigenvalue weighted by atomic mass is 9.82. The zero-order valence-corrected chi connectivity index (χ0v) is 19.9. The normalized spacial score (nSPS) is 21.4. The van der Waals surface area contributed by atoms with Crippen LogP contribution in [0.4, 0.5) is 5.69 Å². The minimum atomic E-state index is -2.41. The van der Waals surface area contributed by atoms with Gasteiger partial charge in [0.05, 0.1) is 4.92 Å². The lowest BCUT2D eigenvalue weighted by Crippen LogP contribution is -2.60. The molecule has 0 saturated carbocycles. The minimum absolute atomic E-state index is 0.0420. The number of hydrogen-bond acceptors (Lipinski definition) is 7. The number of amides is 1. The number of nitrogens with zero attached hydrogens (tertiary/aromatic N) is 2. The Morgan fingerprint density at radius 3 is 2.62 bits per heavy atom. The van der Waals surface area contributed by atoms with Crippen LogP contribution in [0, 0.1) is 10.1 Å². The monoisotopic (exact) mass is 495 g/mol. The number of ketones is 1. The first-order valence-electron chi connectivity index (χ1n) is 11.7. The molecule has 9 heteroatoms. The maximum atomic E-state index is 14.2. The molecule has 4 aromatic rings. The molecule has 0 radical (unpaired) electrons.